The molecule has 2 rings (SSSR count). The fraction of sp³-hybridized carbons (Fsp3) is 0.357. The van der Waals surface area contributed by atoms with Crippen LogP contribution in [0.4, 0.5) is 0 Å². The Morgan fingerprint density at radius 2 is 2.17 bits per heavy atom. The fourth-order valence-corrected chi connectivity index (χ4v) is 2.91. The zero-order valence-corrected chi connectivity index (χ0v) is 11.8. The van der Waals surface area contributed by atoms with Crippen molar-refractivity contribution in [3.63, 3.8) is 0 Å². The molecular weight excluding hydrogens is 244 g/mol. The van der Waals surface area contributed by atoms with Gasteiger partial charge in [-0.3, -0.25) is 0 Å². The van der Waals surface area contributed by atoms with E-state index in [1.165, 1.54) is 0 Å². The predicted octanol–water partition coefficient (Wildman–Crippen LogP) is 3.21. The van der Waals surface area contributed by atoms with Crippen molar-refractivity contribution < 1.29 is 4.74 Å². The van der Waals surface area contributed by atoms with Crippen molar-refractivity contribution in [3.05, 3.63) is 45.4 Å². The lowest BCUT2D eigenvalue weighted by atomic mass is 10.1. The van der Waals surface area contributed by atoms with Crippen molar-refractivity contribution in [2.24, 2.45) is 5.73 Å². The van der Waals surface area contributed by atoms with Gasteiger partial charge in [0.25, 0.3) is 0 Å². The fourth-order valence-electron chi connectivity index (χ4n) is 1.95. The molecule has 0 fully saturated rings. The van der Waals surface area contributed by atoms with Gasteiger partial charge in [-0.2, -0.15) is 0 Å². The average Bonchev–Trinajstić information content (AvgIpc) is 2.68. The molecule has 0 radical (unpaired) electrons. The summed E-state index contributed by atoms with van der Waals surface area (Å²) in [5, 5.41) is 1.05. The van der Waals surface area contributed by atoms with Crippen LogP contribution in [0.25, 0.3) is 0 Å². The first-order valence-corrected chi connectivity index (χ1v) is 6.85. The minimum absolute atomic E-state index is 0.128. The highest BCUT2D eigenvalue weighted by Crippen LogP contribution is 2.29. The van der Waals surface area contributed by atoms with Gasteiger partial charge in [-0.1, -0.05) is 12.1 Å². The van der Waals surface area contributed by atoms with Crippen LogP contribution >= 0.6 is 11.3 Å². The van der Waals surface area contributed by atoms with Gasteiger partial charge in [0.15, 0.2) is 0 Å². The van der Waals surface area contributed by atoms with Crippen molar-refractivity contribution >= 4 is 11.3 Å². The monoisotopic (exact) mass is 262 g/mol. The Hall–Kier alpha value is -1.39. The predicted molar refractivity (Wildman–Crippen MR) is 75.2 cm³/mol. The molecule has 1 heterocycles. The first-order chi connectivity index (χ1) is 8.61. The summed E-state index contributed by atoms with van der Waals surface area (Å²) in [5.41, 5.74) is 8.39. The third-order valence-corrected chi connectivity index (χ3v) is 3.91. The summed E-state index contributed by atoms with van der Waals surface area (Å²) in [7, 11) is 0. The quantitative estimate of drug-likeness (QED) is 0.920. The Bertz CT molecular complexity index is 536. The molecule has 0 bridgehead atoms. The molecule has 3 nitrogen and oxygen atoms in total. The van der Waals surface area contributed by atoms with E-state index in [0.29, 0.717) is 6.61 Å². The van der Waals surface area contributed by atoms with Crippen LogP contribution in [-0.2, 0) is 0 Å². The number of benzene rings is 1. The molecule has 0 spiro atoms. The summed E-state index contributed by atoms with van der Waals surface area (Å²) >= 11 is 1.66. The van der Waals surface area contributed by atoms with Crippen LogP contribution in [0.1, 0.15) is 34.1 Å². The summed E-state index contributed by atoms with van der Waals surface area (Å²) in [6.45, 7) is 6.65. The zero-order chi connectivity index (χ0) is 13.1. The van der Waals surface area contributed by atoms with Crippen LogP contribution in [-0.4, -0.2) is 11.6 Å². The molecule has 0 saturated carbocycles. The smallest absolute Gasteiger partial charge is 0.119 e. The molecule has 96 valence electrons. The number of hydrogen-bond donors (Lipinski definition) is 1. The topological polar surface area (TPSA) is 48.1 Å². The van der Waals surface area contributed by atoms with E-state index in [1.807, 2.05) is 45.0 Å². The van der Waals surface area contributed by atoms with Gasteiger partial charge in [-0.25, -0.2) is 4.98 Å². The van der Waals surface area contributed by atoms with E-state index < -0.39 is 0 Å². The standard InChI is InChI=1S/C14H18N2OS/c1-4-17-12-7-5-6-11(8-12)13(15)14-9(2)16-10(3)18-14/h5-8,13H,4,15H2,1-3H3. The van der Waals surface area contributed by atoms with Gasteiger partial charge < -0.3 is 10.5 Å². The van der Waals surface area contributed by atoms with E-state index in [1.54, 1.807) is 11.3 Å². The number of aromatic nitrogens is 1. The van der Waals surface area contributed by atoms with Gasteiger partial charge in [0, 0.05) is 4.88 Å². The molecule has 18 heavy (non-hydrogen) atoms. The highest BCUT2D eigenvalue weighted by molar-refractivity contribution is 7.11. The Kier molecular flexibility index (Phi) is 3.99. The number of thiazole rings is 1. The number of aryl methyl sites for hydroxylation is 2. The van der Waals surface area contributed by atoms with E-state index in [2.05, 4.69) is 4.98 Å². The lowest BCUT2D eigenvalue weighted by molar-refractivity contribution is 0.340. The molecule has 2 aromatic rings. The molecule has 2 N–H and O–H groups in total. The van der Waals surface area contributed by atoms with Gasteiger partial charge in [-0.05, 0) is 38.5 Å². The van der Waals surface area contributed by atoms with Crippen molar-refractivity contribution in [1.82, 2.24) is 4.98 Å². The maximum absolute atomic E-state index is 6.31. The first kappa shape index (κ1) is 13.1. The second-order valence-electron chi connectivity index (χ2n) is 4.17. The van der Waals surface area contributed by atoms with Crippen LogP contribution < -0.4 is 10.5 Å². The molecule has 0 aliphatic rings. The number of nitrogens with two attached hydrogens (primary N) is 1. The Balaban J connectivity index is 2.30. The minimum atomic E-state index is -0.128. The summed E-state index contributed by atoms with van der Waals surface area (Å²) in [5.74, 6) is 0.865. The van der Waals surface area contributed by atoms with E-state index >= 15 is 0 Å². The van der Waals surface area contributed by atoms with Gasteiger partial charge in [0.05, 0.1) is 23.4 Å². The van der Waals surface area contributed by atoms with E-state index in [9.17, 15) is 0 Å². The number of ether oxygens (including phenoxy) is 1. The normalized spacial score (nSPS) is 12.4. The lowest BCUT2D eigenvalue weighted by Gasteiger charge is -2.12. The van der Waals surface area contributed by atoms with Crippen molar-refractivity contribution in [2.75, 3.05) is 6.61 Å². The number of hydrogen-bond acceptors (Lipinski definition) is 4. The van der Waals surface area contributed by atoms with Crippen LogP contribution in [0.3, 0.4) is 0 Å². The summed E-state index contributed by atoms with van der Waals surface area (Å²) in [4.78, 5) is 5.55. The van der Waals surface area contributed by atoms with Crippen LogP contribution in [0.15, 0.2) is 24.3 Å². The number of rotatable bonds is 4. The van der Waals surface area contributed by atoms with Gasteiger partial charge in [-0.15, -0.1) is 11.3 Å². The lowest BCUT2D eigenvalue weighted by Crippen LogP contribution is -2.11. The molecule has 1 unspecified atom stereocenters. The van der Waals surface area contributed by atoms with Gasteiger partial charge >= 0.3 is 0 Å². The molecule has 0 aliphatic heterocycles. The van der Waals surface area contributed by atoms with Crippen molar-refractivity contribution in [3.8, 4) is 5.75 Å². The highest BCUT2D eigenvalue weighted by atomic mass is 32.1. The largest absolute Gasteiger partial charge is 0.494 e. The van der Waals surface area contributed by atoms with Crippen LogP contribution in [0, 0.1) is 13.8 Å². The SMILES string of the molecule is CCOc1cccc(C(N)c2sc(C)nc2C)c1. The van der Waals surface area contributed by atoms with Gasteiger partial charge in [0.2, 0.25) is 0 Å². The molecule has 0 saturated heterocycles. The maximum Gasteiger partial charge on any atom is 0.119 e. The van der Waals surface area contributed by atoms with E-state index in [0.717, 1.165) is 26.9 Å². The van der Waals surface area contributed by atoms with Crippen molar-refractivity contribution in [2.45, 2.75) is 26.8 Å². The second kappa shape index (κ2) is 5.50. The van der Waals surface area contributed by atoms with Gasteiger partial charge in [0.1, 0.15) is 5.75 Å². The molecule has 1 aromatic heterocycles. The molecule has 1 atom stereocenters. The Morgan fingerprint density at radius 3 is 2.78 bits per heavy atom. The third-order valence-electron chi connectivity index (χ3n) is 2.75. The molecular formula is C14H18N2OS. The minimum Gasteiger partial charge on any atom is -0.494 e. The third kappa shape index (κ3) is 2.71. The second-order valence-corrected chi connectivity index (χ2v) is 5.40. The Labute approximate surface area is 112 Å². The zero-order valence-electron chi connectivity index (χ0n) is 10.9. The summed E-state index contributed by atoms with van der Waals surface area (Å²) in [6, 6.07) is 7.83. The van der Waals surface area contributed by atoms with Crippen LogP contribution in [0.5, 0.6) is 5.75 Å². The summed E-state index contributed by atoms with van der Waals surface area (Å²) < 4.78 is 5.50. The van der Waals surface area contributed by atoms with E-state index in [-0.39, 0.29) is 6.04 Å². The van der Waals surface area contributed by atoms with Crippen molar-refractivity contribution in [1.29, 1.82) is 0 Å². The number of nitrogens with zero attached hydrogens (tertiary/aromatic N) is 1. The highest BCUT2D eigenvalue weighted by Gasteiger charge is 2.15. The maximum atomic E-state index is 6.31. The molecule has 0 aliphatic carbocycles. The average molecular weight is 262 g/mol. The molecule has 4 heteroatoms. The van der Waals surface area contributed by atoms with Crippen LogP contribution in [0.2, 0.25) is 0 Å². The first-order valence-electron chi connectivity index (χ1n) is 6.04. The Morgan fingerprint density at radius 1 is 1.39 bits per heavy atom. The van der Waals surface area contributed by atoms with E-state index in [4.69, 9.17) is 10.5 Å². The molecule has 1 aromatic carbocycles. The summed E-state index contributed by atoms with van der Waals surface area (Å²) in [6.07, 6.45) is 0. The molecule has 0 amide bonds.